The Morgan fingerprint density at radius 1 is 1.10 bits per heavy atom. The van der Waals surface area contributed by atoms with Crippen molar-refractivity contribution < 1.29 is 48.0 Å². The van der Waals surface area contributed by atoms with Crippen molar-refractivity contribution in [1.82, 2.24) is 0 Å². The molecule has 10 nitrogen and oxygen atoms in total. The zero-order valence-corrected chi connectivity index (χ0v) is 24.5. The quantitative estimate of drug-likeness (QED) is 0.374. The molecule has 0 unspecified atom stereocenters. The highest BCUT2D eigenvalue weighted by atomic mass is 16.6. The molecule has 0 amide bonds. The van der Waals surface area contributed by atoms with E-state index in [1.807, 2.05) is 19.9 Å². The smallest absolute Gasteiger partial charge is 0.336 e. The minimum absolute atomic E-state index is 0.0968. The molecule has 3 aliphatic carbocycles. The lowest BCUT2D eigenvalue weighted by molar-refractivity contribution is -0.192. The number of carbonyl (C=O) groups excluding carboxylic acids is 5. The van der Waals surface area contributed by atoms with Gasteiger partial charge in [0, 0.05) is 47.5 Å². The average molecular weight is 571 g/mol. The molecule has 4 aliphatic rings. The molecule has 0 radical (unpaired) electrons. The third kappa shape index (κ3) is 4.75. The van der Waals surface area contributed by atoms with Crippen molar-refractivity contribution in [3.05, 3.63) is 47.6 Å². The monoisotopic (exact) mass is 570 g/mol. The second-order valence-electron chi connectivity index (χ2n) is 12.3. The molecule has 0 saturated heterocycles. The number of cyclic esters (lactones) is 1. The molecule has 8 atom stereocenters. The molecule has 4 rings (SSSR count). The lowest BCUT2D eigenvalue weighted by Gasteiger charge is -2.58. The number of methoxy groups -OCH3 is 1. The minimum Gasteiger partial charge on any atom is -0.469 e. The Bertz CT molecular complexity index is 1300. The molecule has 0 bridgehead atoms. The van der Waals surface area contributed by atoms with Crippen molar-refractivity contribution in [3.8, 4) is 0 Å². The van der Waals surface area contributed by atoms with Crippen LogP contribution in [0, 0.1) is 34.0 Å². The van der Waals surface area contributed by atoms with Gasteiger partial charge in [0.05, 0.1) is 13.5 Å². The summed E-state index contributed by atoms with van der Waals surface area (Å²) in [6.45, 7) is 14.2. The first-order valence-electron chi connectivity index (χ1n) is 13.7. The predicted octanol–water partition coefficient (Wildman–Crippen LogP) is 3.14. The first kappa shape index (κ1) is 30.4. The highest BCUT2D eigenvalue weighted by molar-refractivity contribution is 5.96. The van der Waals surface area contributed by atoms with Gasteiger partial charge in [-0.3, -0.25) is 19.2 Å². The van der Waals surface area contributed by atoms with E-state index in [9.17, 15) is 29.1 Å². The van der Waals surface area contributed by atoms with Gasteiger partial charge in [-0.15, -0.1) is 0 Å². The van der Waals surface area contributed by atoms with Crippen LogP contribution < -0.4 is 0 Å². The van der Waals surface area contributed by atoms with Gasteiger partial charge in [-0.1, -0.05) is 46.4 Å². The fourth-order valence-electron chi connectivity index (χ4n) is 7.74. The molecule has 0 spiro atoms. The van der Waals surface area contributed by atoms with Crippen LogP contribution >= 0.6 is 0 Å². The van der Waals surface area contributed by atoms with E-state index < -0.39 is 76.4 Å². The number of carbonyl (C=O) groups is 5. The van der Waals surface area contributed by atoms with Crippen LogP contribution in [0.3, 0.4) is 0 Å². The maximum atomic E-state index is 13.1. The number of hydrogen-bond acceptors (Lipinski definition) is 10. The van der Waals surface area contributed by atoms with E-state index in [-0.39, 0.29) is 17.8 Å². The molecule has 222 valence electrons. The molecular formula is C31H38O10. The molecule has 1 saturated carbocycles. The van der Waals surface area contributed by atoms with Crippen LogP contribution in [0.2, 0.25) is 0 Å². The molecular weight excluding hydrogens is 532 g/mol. The lowest BCUT2D eigenvalue weighted by atomic mass is 9.47. The topological polar surface area (TPSA) is 142 Å². The molecule has 1 aliphatic heterocycles. The number of ketones is 1. The summed E-state index contributed by atoms with van der Waals surface area (Å²) in [5, 5.41) is 10.0. The Kier molecular flexibility index (Phi) is 7.71. The number of aliphatic hydroxyl groups excluding tert-OH is 1. The molecule has 0 aromatic heterocycles. The van der Waals surface area contributed by atoms with Crippen LogP contribution in [0.1, 0.15) is 54.4 Å². The van der Waals surface area contributed by atoms with Crippen LogP contribution in [0.25, 0.3) is 0 Å². The van der Waals surface area contributed by atoms with E-state index in [1.165, 1.54) is 33.1 Å². The van der Waals surface area contributed by atoms with E-state index in [2.05, 4.69) is 6.58 Å². The molecule has 0 aromatic carbocycles. The van der Waals surface area contributed by atoms with Gasteiger partial charge in [-0.25, -0.2) is 4.79 Å². The number of hydrogen-bond donors (Lipinski definition) is 1. The fourth-order valence-corrected chi connectivity index (χ4v) is 7.74. The van der Waals surface area contributed by atoms with Gasteiger partial charge in [0.2, 0.25) is 6.29 Å². The normalized spacial score (nSPS) is 37.5. The van der Waals surface area contributed by atoms with Crippen molar-refractivity contribution in [2.75, 3.05) is 7.11 Å². The second-order valence-corrected chi connectivity index (χ2v) is 12.3. The Morgan fingerprint density at radius 3 is 2.27 bits per heavy atom. The van der Waals surface area contributed by atoms with Gasteiger partial charge in [0.1, 0.15) is 12.2 Å². The zero-order valence-electron chi connectivity index (χ0n) is 24.5. The van der Waals surface area contributed by atoms with Crippen molar-refractivity contribution in [2.24, 2.45) is 34.0 Å². The van der Waals surface area contributed by atoms with Crippen molar-refractivity contribution in [3.63, 3.8) is 0 Å². The first-order valence-corrected chi connectivity index (χ1v) is 13.7. The Balaban J connectivity index is 1.94. The first-order chi connectivity index (χ1) is 19.0. The van der Waals surface area contributed by atoms with Crippen molar-refractivity contribution in [1.29, 1.82) is 0 Å². The summed E-state index contributed by atoms with van der Waals surface area (Å²) in [6.07, 6.45) is 3.12. The Labute approximate surface area is 239 Å². The number of esters is 4. The van der Waals surface area contributed by atoms with Crippen LogP contribution in [0.5, 0.6) is 0 Å². The van der Waals surface area contributed by atoms with Crippen LogP contribution in [0.15, 0.2) is 47.6 Å². The zero-order chi connectivity index (χ0) is 30.7. The van der Waals surface area contributed by atoms with E-state index in [4.69, 9.17) is 18.9 Å². The highest BCUT2D eigenvalue weighted by Gasteiger charge is 2.66. The number of aliphatic hydroxyl groups is 1. The van der Waals surface area contributed by atoms with E-state index in [0.717, 1.165) is 0 Å². The van der Waals surface area contributed by atoms with Gasteiger partial charge in [0.25, 0.3) is 0 Å². The summed E-state index contributed by atoms with van der Waals surface area (Å²) in [5.74, 6) is -4.54. The third-order valence-electron chi connectivity index (χ3n) is 9.68. The molecule has 0 aromatic rings. The molecule has 41 heavy (non-hydrogen) atoms. The fraction of sp³-hybridized carbons (Fsp3) is 0.581. The molecule has 1 heterocycles. The average Bonchev–Trinajstić information content (AvgIpc) is 3.39. The minimum atomic E-state index is -1.40. The summed E-state index contributed by atoms with van der Waals surface area (Å²) in [5.41, 5.74) is -1.58. The van der Waals surface area contributed by atoms with Gasteiger partial charge in [0.15, 0.2) is 5.78 Å². The number of fused-ring (bicyclic) bond motifs is 1. The SMILES string of the molecule is C=C1C2=CC[C@@H](C3=C[C@H](O)OC3=O)[C@]2(C)[C@@H](OC(C)=O)[C@H](OC(C)=O)[C@@H]1[C@]1(C)C=CC(=O)C(C)(C)[C@@H]1CC(=O)OC. The number of ether oxygens (including phenoxy) is 4. The maximum absolute atomic E-state index is 13.1. The van der Waals surface area contributed by atoms with Crippen molar-refractivity contribution >= 4 is 29.7 Å². The van der Waals surface area contributed by atoms with E-state index in [0.29, 0.717) is 17.6 Å². The van der Waals surface area contributed by atoms with E-state index in [1.54, 1.807) is 19.9 Å². The molecule has 10 heteroatoms. The van der Waals surface area contributed by atoms with Crippen molar-refractivity contribution in [2.45, 2.75) is 72.9 Å². The van der Waals surface area contributed by atoms with Gasteiger partial charge < -0.3 is 24.1 Å². The number of rotatable bonds is 6. The molecule has 1 fully saturated rings. The lowest BCUT2D eigenvalue weighted by Crippen LogP contribution is -2.62. The number of allylic oxidation sites excluding steroid dienone is 3. The summed E-state index contributed by atoms with van der Waals surface area (Å²) in [6, 6.07) is 0. The van der Waals surface area contributed by atoms with E-state index >= 15 is 0 Å². The summed E-state index contributed by atoms with van der Waals surface area (Å²) in [7, 11) is 1.28. The predicted molar refractivity (Wildman–Crippen MR) is 144 cm³/mol. The van der Waals surface area contributed by atoms with Crippen LogP contribution in [-0.4, -0.2) is 60.4 Å². The van der Waals surface area contributed by atoms with Gasteiger partial charge in [-0.05, 0) is 35.6 Å². The summed E-state index contributed by atoms with van der Waals surface area (Å²) in [4.78, 5) is 63.7. The van der Waals surface area contributed by atoms with Crippen LogP contribution in [0.4, 0.5) is 0 Å². The maximum Gasteiger partial charge on any atom is 0.336 e. The van der Waals surface area contributed by atoms with Gasteiger partial charge >= 0.3 is 23.9 Å². The van der Waals surface area contributed by atoms with Gasteiger partial charge in [-0.2, -0.15) is 0 Å². The Morgan fingerprint density at radius 2 is 1.73 bits per heavy atom. The largest absolute Gasteiger partial charge is 0.469 e. The molecule has 1 N–H and O–H groups in total. The second kappa shape index (κ2) is 10.4. The summed E-state index contributed by atoms with van der Waals surface area (Å²) < 4.78 is 21.9. The third-order valence-corrected chi connectivity index (χ3v) is 9.68. The standard InChI is InChI=1S/C31H38O10/c1-15-19-9-10-20(18-13-24(36)41-28(18)37)31(19,7)27(40-17(3)33)26(39-16(2)32)25(15)30(6)12-11-22(34)29(4,5)21(30)14-23(35)38-8/h9,11-13,20-21,24-27,36H,1,10,14H2,2-8H3/t20-,21-,24+,25+,26+,27-,30+,31+/m0/s1. The van der Waals surface area contributed by atoms with Crippen LogP contribution in [-0.2, 0) is 42.9 Å². The summed E-state index contributed by atoms with van der Waals surface area (Å²) >= 11 is 0. The Hall–Kier alpha value is -3.53. The highest BCUT2D eigenvalue weighted by Crippen LogP contribution is 2.65.